The molecule has 0 saturated carbocycles. The van der Waals surface area contributed by atoms with Gasteiger partial charge in [0, 0.05) is 25.8 Å². The average Bonchev–Trinajstić information content (AvgIpc) is 3.20. The number of nitrogens with one attached hydrogen (secondary N) is 2. The highest BCUT2D eigenvalue weighted by molar-refractivity contribution is 5.92. The van der Waals surface area contributed by atoms with Crippen LogP contribution in [0.3, 0.4) is 0 Å². The number of hydrogen-bond donors (Lipinski definition) is 2. The van der Waals surface area contributed by atoms with Gasteiger partial charge in [-0.25, -0.2) is 9.97 Å². The van der Waals surface area contributed by atoms with Crippen LogP contribution in [0.1, 0.15) is 28.9 Å². The minimum absolute atomic E-state index is 0.114. The van der Waals surface area contributed by atoms with E-state index in [1.807, 2.05) is 24.3 Å². The molecule has 2 heterocycles. The molecular formula is C19H24N4O3. The third-order valence-electron chi connectivity index (χ3n) is 4.29. The average molecular weight is 356 g/mol. The SMILES string of the molecule is COc1ccc(CCNc2cc(C(=O)NCC3CCCO3)ncn2)cc1. The van der Waals surface area contributed by atoms with Crippen molar-refractivity contribution in [1.29, 1.82) is 0 Å². The molecule has 1 atom stereocenters. The standard InChI is InChI=1S/C19H24N4O3/c1-25-15-6-4-14(5-7-15)8-9-20-18-11-17(22-13-23-18)19(24)21-12-16-3-2-10-26-16/h4-7,11,13,16H,2-3,8-10,12H2,1H3,(H,21,24)(H,20,22,23). The van der Waals surface area contributed by atoms with Crippen LogP contribution >= 0.6 is 0 Å². The summed E-state index contributed by atoms with van der Waals surface area (Å²) in [6, 6.07) is 9.61. The lowest BCUT2D eigenvalue weighted by Crippen LogP contribution is -2.32. The number of hydrogen-bond acceptors (Lipinski definition) is 6. The highest BCUT2D eigenvalue weighted by Gasteiger charge is 2.17. The van der Waals surface area contributed by atoms with E-state index in [1.54, 1.807) is 13.2 Å². The number of amides is 1. The lowest BCUT2D eigenvalue weighted by molar-refractivity contribution is 0.0853. The molecule has 26 heavy (non-hydrogen) atoms. The zero-order chi connectivity index (χ0) is 18.2. The fourth-order valence-corrected chi connectivity index (χ4v) is 2.81. The van der Waals surface area contributed by atoms with Crippen molar-refractivity contribution in [2.24, 2.45) is 0 Å². The summed E-state index contributed by atoms with van der Waals surface area (Å²) < 4.78 is 10.7. The first kappa shape index (κ1) is 18.1. The van der Waals surface area contributed by atoms with Gasteiger partial charge in [0.25, 0.3) is 5.91 Å². The molecule has 7 nitrogen and oxygen atoms in total. The van der Waals surface area contributed by atoms with Crippen molar-refractivity contribution in [3.63, 3.8) is 0 Å². The quantitative estimate of drug-likeness (QED) is 0.753. The normalized spacial score (nSPS) is 16.3. The topological polar surface area (TPSA) is 85.4 Å². The van der Waals surface area contributed by atoms with Crippen molar-refractivity contribution in [2.75, 3.05) is 32.1 Å². The number of carbonyl (C=O) groups is 1. The van der Waals surface area contributed by atoms with Gasteiger partial charge in [-0.15, -0.1) is 0 Å². The first-order valence-corrected chi connectivity index (χ1v) is 8.83. The Morgan fingerprint density at radius 2 is 2.15 bits per heavy atom. The van der Waals surface area contributed by atoms with E-state index in [9.17, 15) is 4.79 Å². The maximum atomic E-state index is 12.2. The van der Waals surface area contributed by atoms with Crippen molar-refractivity contribution < 1.29 is 14.3 Å². The van der Waals surface area contributed by atoms with E-state index in [1.165, 1.54) is 11.9 Å². The lowest BCUT2D eigenvalue weighted by atomic mass is 10.1. The molecule has 3 rings (SSSR count). The Labute approximate surface area is 153 Å². The maximum absolute atomic E-state index is 12.2. The van der Waals surface area contributed by atoms with E-state index in [-0.39, 0.29) is 12.0 Å². The number of ether oxygens (including phenoxy) is 2. The van der Waals surface area contributed by atoms with E-state index in [4.69, 9.17) is 9.47 Å². The molecule has 2 aromatic rings. The van der Waals surface area contributed by atoms with Crippen molar-refractivity contribution in [2.45, 2.75) is 25.4 Å². The molecule has 1 aliphatic heterocycles. The fraction of sp³-hybridized carbons (Fsp3) is 0.421. The number of methoxy groups -OCH3 is 1. The van der Waals surface area contributed by atoms with Crippen LogP contribution in [-0.2, 0) is 11.2 Å². The highest BCUT2D eigenvalue weighted by atomic mass is 16.5. The van der Waals surface area contributed by atoms with Crippen LogP contribution in [0.25, 0.3) is 0 Å². The molecule has 138 valence electrons. The molecule has 1 aliphatic rings. The summed E-state index contributed by atoms with van der Waals surface area (Å²) in [5, 5.41) is 6.09. The number of carbonyl (C=O) groups excluding carboxylic acids is 1. The second-order valence-electron chi connectivity index (χ2n) is 6.16. The van der Waals surface area contributed by atoms with E-state index in [0.717, 1.165) is 31.6 Å². The maximum Gasteiger partial charge on any atom is 0.270 e. The first-order valence-electron chi connectivity index (χ1n) is 8.83. The zero-order valence-corrected chi connectivity index (χ0v) is 14.9. The monoisotopic (exact) mass is 356 g/mol. The summed E-state index contributed by atoms with van der Waals surface area (Å²) in [5.74, 6) is 1.27. The minimum atomic E-state index is -0.207. The highest BCUT2D eigenvalue weighted by Crippen LogP contribution is 2.13. The summed E-state index contributed by atoms with van der Waals surface area (Å²) >= 11 is 0. The molecule has 1 unspecified atom stereocenters. The first-order chi connectivity index (χ1) is 12.7. The molecule has 0 spiro atoms. The second-order valence-corrected chi connectivity index (χ2v) is 6.16. The largest absolute Gasteiger partial charge is 0.497 e. The number of nitrogens with zero attached hydrogens (tertiary/aromatic N) is 2. The van der Waals surface area contributed by atoms with Gasteiger partial charge in [0.05, 0.1) is 13.2 Å². The Bertz CT molecular complexity index is 715. The number of benzene rings is 1. The number of anilines is 1. The Hall–Kier alpha value is -2.67. The second kappa shape index (κ2) is 9.15. The van der Waals surface area contributed by atoms with Gasteiger partial charge in [0.15, 0.2) is 0 Å². The van der Waals surface area contributed by atoms with Gasteiger partial charge in [-0.2, -0.15) is 0 Å². The van der Waals surface area contributed by atoms with Crippen molar-refractivity contribution in [3.05, 3.63) is 47.9 Å². The molecule has 0 aliphatic carbocycles. The molecule has 0 bridgehead atoms. The van der Waals surface area contributed by atoms with Gasteiger partial charge in [0.1, 0.15) is 23.6 Å². The number of rotatable bonds is 8. The van der Waals surface area contributed by atoms with Crippen LogP contribution < -0.4 is 15.4 Å². The van der Waals surface area contributed by atoms with Crippen LogP contribution in [0.4, 0.5) is 5.82 Å². The molecule has 1 aromatic heterocycles. The Balaban J connectivity index is 1.47. The third-order valence-corrected chi connectivity index (χ3v) is 4.29. The van der Waals surface area contributed by atoms with Crippen LogP contribution in [0.2, 0.25) is 0 Å². The van der Waals surface area contributed by atoms with Crippen molar-refractivity contribution >= 4 is 11.7 Å². The lowest BCUT2D eigenvalue weighted by Gasteiger charge is -2.11. The van der Waals surface area contributed by atoms with Gasteiger partial charge in [-0.05, 0) is 37.0 Å². The Morgan fingerprint density at radius 1 is 1.31 bits per heavy atom. The fourth-order valence-electron chi connectivity index (χ4n) is 2.81. The molecule has 1 aromatic carbocycles. The number of aromatic nitrogens is 2. The van der Waals surface area contributed by atoms with E-state index >= 15 is 0 Å². The van der Waals surface area contributed by atoms with Crippen molar-refractivity contribution in [3.8, 4) is 5.75 Å². The van der Waals surface area contributed by atoms with Gasteiger partial charge in [-0.3, -0.25) is 4.79 Å². The van der Waals surface area contributed by atoms with E-state index in [0.29, 0.717) is 24.6 Å². The Kier molecular flexibility index (Phi) is 6.38. The van der Waals surface area contributed by atoms with Gasteiger partial charge < -0.3 is 20.1 Å². The van der Waals surface area contributed by atoms with Crippen LogP contribution in [-0.4, -0.2) is 48.8 Å². The summed E-state index contributed by atoms with van der Waals surface area (Å²) in [4.78, 5) is 20.4. The zero-order valence-electron chi connectivity index (χ0n) is 14.9. The molecular weight excluding hydrogens is 332 g/mol. The molecule has 1 fully saturated rings. The molecule has 7 heteroatoms. The van der Waals surface area contributed by atoms with E-state index in [2.05, 4.69) is 20.6 Å². The van der Waals surface area contributed by atoms with E-state index < -0.39 is 0 Å². The molecule has 0 radical (unpaired) electrons. The summed E-state index contributed by atoms with van der Waals surface area (Å²) in [6.07, 6.45) is 4.40. The minimum Gasteiger partial charge on any atom is -0.497 e. The molecule has 1 amide bonds. The summed E-state index contributed by atoms with van der Waals surface area (Å²) in [7, 11) is 1.65. The van der Waals surface area contributed by atoms with Gasteiger partial charge in [0.2, 0.25) is 0 Å². The smallest absolute Gasteiger partial charge is 0.270 e. The predicted octanol–water partition coefficient (Wildman–Crippen LogP) is 2.05. The Morgan fingerprint density at radius 3 is 2.88 bits per heavy atom. The third kappa shape index (κ3) is 5.16. The van der Waals surface area contributed by atoms with Crippen LogP contribution in [0.5, 0.6) is 5.75 Å². The molecule has 2 N–H and O–H groups in total. The van der Waals surface area contributed by atoms with Crippen LogP contribution in [0, 0.1) is 0 Å². The van der Waals surface area contributed by atoms with Crippen LogP contribution in [0.15, 0.2) is 36.7 Å². The van der Waals surface area contributed by atoms with Crippen molar-refractivity contribution in [1.82, 2.24) is 15.3 Å². The predicted molar refractivity (Wildman–Crippen MR) is 98.5 cm³/mol. The summed E-state index contributed by atoms with van der Waals surface area (Å²) in [6.45, 7) is 2.00. The summed E-state index contributed by atoms with van der Waals surface area (Å²) in [5.41, 5.74) is 1.55. The van der Waals surface area contributed by atoms with Gasteiger partial charge in [-0.1, -0.05) is 12.1 Å². The molecule has 1 saturated heterocycles. The van der Waals surface area contributed by atoms with Gasteiger partial charge >= 0.3 is 0 Å².